The maximum absolute atomic E-state index is 12.6. The number of carbonyl (C=O) groups is 1. The van der Waals surface area contributed by atoms with Gasteiger partial charge >= 0.3 is 0 Å². The zero-order valence-corrected chi connectivity index (χ0v) is 16.8. The zero-order chi connectivity index (χ0) is 20.1. The Balaban J connectivity index is 1.79. The van der Waals surface area contributed by atoms with Crippen LogP contribution < -0.4 is 14.8 Å². The Labute approximate surface area is 170 Å². The average molecular weight is 396 g/mol. The first-order valence-electron chi connectivity index (χ1n) is 8.90. The third-order valence-corrected chi connectivity index (χ3v) is 4.58. The highest BCUT2D eigenvalue weighted by Crippen LogP contribution is 2.25. The number of rotatable bonds is 6. The quantitative estimate of drug-likeness (QED) is 0.574. The second kappa shape index (κ2) is 8.81. The molecule has 4 nitrogen and oxygen atoms in total. The van der Waals surface area contributed by atoms with E-state index in [0.717, 1.165) is 22.4 Å². The predicted octanol–water partition coefficient (Wildman–Crippen LogP) is 5.80. The molecule has 0 saturated carbocycles. The van der Waals surface area contributed by atoms with Crippen LogP contribution in [0, 0.1) is 13.8 Å². The molecule has 1 N–H and O–H groups in total. The number of benzene rings is 3. The molecule has 0 aliphatic rings. The van der Waals surface area contributed by atoms with Crippen LogP contribution in [0.3, 0.4) is 0 Å². The average Bonchev–Trinajstić information content (AvgIpc) is 2.67. The van der Waals surface area contributed by atoms with E-state index < -0.39 is 0 Å². The van der Waals surface area contributed by atoms with Gasteiger partial charge in [0.1, 0.15) is 18.1 Å². The van der Waals surface area contributed by atoms with Crippen LogP contribution in [-0.4, -0.2) is 13.0 Å². The summed E-state index contributed by atoms with van der Waals surface area (Å²) in [7, 11) is 1.60. The normalized spacial score (nSPS) is 10.4. The molecule has 0 aromatic heterocycles. The van der Waals surface area contributed by atoms with Gasteiger partial charge in [0.25, 0.3) is 5.91 Å². The highest BCUT2D eigenvalue weighted by atomic mass is 35.5. The van der Waals surface area contributed by atoms with Crippen molar-refractivity contribution in [3.8, 4) is 11.5 Å². The lowest BCUT2D eigenvalue weighted by atomic mass is 10.1. The Bertz CT molecular complexity index is 981. The van der Waals surface area contributed by atoms with E-state index in [1.807, 2.05) is 38.1 Å². The van der Waals surface area contributed by atoms with Gasteiger partial charge in [-0.2, -0.15) is 0 Å². The van der Waals surface area contributed by atoms with Crippen molar-refractivity contribution in [1.82, 2.24) is 0 Å². The van der Waals surface area contributed by atoms with Gasteiger partial charge in [-0.05, 0) is 67.4 Å². The van der Waals surface area contributed by atoms with E-state index in [4.69, 9.17) is 21.1 Å². The number of anilines is 1. The van der Waals surface area contributed by atoms with E-state index in [9.17, 15) is 4.79 Å². The van der Waals surface area contributed by atoms with Crippen LogP contribution in [0.25, 0.3) is 0 Å². The number of hydrogen-bond acceptors (Lipinski definition) is 3. The van der Waals surface area contributed by atoms with Crippen molar-refractivity contribution in [2.24, 2.45) is 0 Å². The van der Waals surface area contributed by atoms with Gasteiger partial charge in [-0.3, -0.25) is 4.79 Å². The largest absolute Gasteiger partial charge is 0.496 e. The van der Waals surface area contributed by atoms with Crippen molar-refractivity contribution in [2.75, 3.05) is 12.4 Å². The highest BCUT2D eigenvalue weighted by Gasteiger charge is 2.12. The monoisotopic (exact) mass is 395 g/mol. The number of ether oxygens (including phenoxy) is 2. The smallest absolute Gasteiger partial charge is 0.255 e. The number of carbonyl (C=O) groups excluding carboxylic acids is 1. The molecule has 1 amide bonds. The minimum absolute atomic E-state index is 0.247. The number of halogens is 1. The first kappa shape index (κ1) is 19.8. The third kappa shape index (κ3) is 4.84. The summed E-state index contributed by atoms with van der Waals surface area (Å²) in [5.74, 6) is 1.20. The summed E-state index contributed by atoms with van der Waals surface area (Å²) in [5, 5.41) is 3.32. The molecule has 0 heterocycles. The number of aryl methyl sites for hydroxylation is 2. The number of amides is 1. The van der Waals surface area contributed by atoms with E-state index in [-0.39, 0.29) is 5.91 Å². The molecule has 0 aliphatic carbocycles. The Kier molecular flexibility index (Phi) is 6.22. The summed E-state index contributed by atoms with van der Waals surface area (Å²) in [5.41, 5.74) is 4.12. The highest BCUT2D eigenvalue weighted by molar-refractivity contribution is 6.33. The van der Waals surface area contributed by atoms with Gasteiger partial charge in [0.15, 0.2) is 0 Å². The SMILES string of the molecule is COc1ccc(C(=O)Nc2ccccc2Cl)cc1COc1cc(C)cc(C)c1. The molecule has 3 aromatic rings. The van der Waals surface area contributed by atoms with Crippen molar-refractivity contribution < 1.29 is 14.3 Å². The third-order valence-electron chi connectivity index (χ3n) is 4.25. The van der Waals surface area contributed by atoms with E-state index >= 15 is 0 Å². The van der Waals surface area contributed by atoms with Crippen molar-refractivity contribution in [3.63, 3.8) is 0 Å². The van der Waals surface area contributed by atoms with Crippen LogP contribution in [0.1, 0.15) is 27.0 Å². The standard InChI is InChI=1S/C23H22ClNO3/c1-15-10-16(2)12-19(11-15)28-14-18-13-17(8-9-22(18)27-3)23(26)25-21-7-5-4-6-20(21)24/h4-13H,14H2,1-3H3,(H,25,26). The van der Waals surface area contributed by atoms with Crippen molar-refractivity contribution in [3.05, 3.63) is 87.9 Å². The fourth-order valence-corrected chi connectivity index (χ4v) is 3.15. The zero-order valence-electron chi connectivity index (χ0n) is 16.1. The molecule has 144 valence electrons. The van der Waals surface area contributed by atoms with Gasteiger partial charge < -0.3 is 14.8 Å². The Morgan fingerprint density at radius 2 is 1.71 bits per heavy atom. The lowest BCUT2D eigenvalue weighted by Crippen LogP contribution is -2.13. The van der Waals surface area contributed by atoms with Crippen molar-refractivity contribution >= 4 is 23.2 Å². The molecule has 0 bridgehead atoms. The van der Waals surface area contributed by atoms with Gasteiger partial charge in [-0.15, -0.1) is 0 Å². The first-order valence-corrected chi connectivity index (χ1v) is 9.28. The molecule has 3 rings (SSSR count). The fourth-order valence-electron chi connectivity index (χ4n) is 2.97. The predicted molar refractivity (Wildman–Crippen MR) is 113 cm³/mol. The van der Waals surface area contributed by atoms with Crippen LogP contribution in [0.5, 0.6) is 11.5 Å². The van der Waals surface area contributed by atoms with E-state index in [0.29, 0.717) is 28.6 Å². The van der Waals surface area contributed by atoms with Gasteiger partial charge in [0.2, 0.25) is 0 Å². The summed E-state index contributed by atoms with van der Waals surface area (Å²) in [6, 6.07) is 18.4. The van der Waals surface area contributed by atoms with Crippen molar-refractivity contribution in [2.45, 2.75) is 20.5 Å². The molecule has 0 fully saturated rings. The number of para-hydroxylation sites is 1. The summed E-state index contributed by atoms with van der Waals surface area (Å²) in [6.45, 7) is 4.35. The minimum atomic E-state index is -0.247. The second-order valence-corrected chi connectivity index (χ2v) is 6.98. The summed E-state index contributed by atoms with van der Waals surface area (Å²) < 4.78 is 11.4. The van der Waals surface area contributed by atoms with Crippen LogP contribution in [0.2, 0.25) is 5.02 Å². The number of nitrogens with one attached hydrogen (secondary N) is 1. The molecule has 28 heavy (non-hydrogen) atoms. The van der Waals surface area contributed by atoms with Crippen LogP contribution >= 0.6 is 11.6 Å². The number of hydrogen-bond donors (Lipinski definition) is 1. The van der Waals surface area contributed by atoms with Gasteiger partial charge in [-0.25, -0.2) is 0 Å². The number of methoxy groups -OCH3 is 1. The van der Waals surface area contributed by atoms with Crippen LogP contribution in [-0.2, 0) is 6.61 Å². The fraction of sp³-hybridized carbons (Fsp3) is 0.174. The molecule has 0 aliphatic heterocycles. The lowest BCUT2D eigenvalue weighted by molar-refractivity contribution is 0.102. The molecule has 3 aromatic carbocycles. The molecule has 0 spiro atoms. The molecule has 5 heteroatoms. The summed E-state index contributed by atoms with van der Waals surface area (Å²) >= 11 is 6.12. The van der Waals surface area contributed by atoms with Gasteiger partial charge in [0.05, 0.1) is 17.8 Å². The van der Waals surface area contributed by atoms with E-state index in [2.05, 4.69) is 11.4 Å². The van der Waals surface area contributed by atoms with Crippen LogP contribution in [0.15, 0.2) is 60.7 Å². The van der Waals surface area contributed by atoms with E-state index in [1.165, 1.54) is 0 Å². The van der Waals surface area contributed by atoms with Crippen LogP contribution in [0.4, 0.5) is 5.69 Å². The summed E-state index contributed by atoms with van der Waals surface area (Å²) in [4.78, 5) is 12.6. The Hall–Kier alpha value is -2.98. The van der Waals surface area contributed by atoms with E-state index in [1.54, 1.807) is 37.4 Å². The van der Waals surface area contributed by atoms with Gasteiger partial charge in [0, 0.05) is 11.1 Å². The minimum Gasteiger partial charge on any atom is -0.496 e. The van der Waals surface area contributed by atoms with Gasteiger partial charge in [-0.1, -0.05) is 29.8 Å². The Morgan fingerprint density at radius 3 is 2.39 bits per heavy atom. The maximum atomic E-state index is 12.6. The molecule has 0 unspecified atom stereocenters. The lowest BCUT2D eigenvalue weighted by Gasteiger charge is -2.13. The molecule has 0 radical (unpaired) electrons. The second-order valence-electron chi connectivity index (χ2n) is 6.57. The molecular formula is C23H22ClNO3. The molecular weight excluding hydrogens is 374 g/mol. The van der Waals surface area contributed by atoms with Crippen molar-refractivity contribution in [1.29, 1.82) is 0 Å². The summed E-state index contributed by atoms with van der Waals surface area (Å²) in [6.07, 6.45) is 0. The first-order chi connectivity index (χ1) is 13.5. The Morgan fingerprint density at radius 1 is 1.00 bits per heavy atom. The molecule has 0 saturated heterocycles. The topological polar surface area (TPSA) is 47.6 Å². The maximum Gasteiger partial charge on any atom is 0.255 e. The molecule has 0 atom stereocenters.